The van der Waals surface area contributed by atoms with E-state index in [4.69, 9.17) is 5.73 Å². The molecule has 0 spiro atoms. The Morgan fingerprint density at radius 2 is 1.89 bits per heavy atom. The van der Waals surface area contributed by atoms with Gasteiger partial charge in [0.05, 0.1) is 4.90 Å². The van der Waals surface area contributed by atoms with E-state index in [1.165, 1.54) is 4.31 Å². The van der Waals surface area contributed by atoms with Gasteiger partial charge in [-0.25, -0.2) is 8.42 Å². The first-order valence-electron chi connectivity index (χ1n) is 5.74. The third-order valence-corrected chi connectivity index (χ3v) is 5.34. The van der Waals surface area contributed by atoms with E-state index in [0.717, 1.165) is 5.56 Å². The summed E-state index contributed by atoms with van der Waals surface area (Å²) in [6.07, 6.45) is 0. The smallest absolute Gasteiger partial charge is 0.243 e. The molecule has 1 aliphatic heterocycles. The van der Waals surface area contributed by atoms with Crippen molar-refractivity contribution in [3.63, 3.8) is 0 Å². The SMILES string of the molecule is Cc1ccccc1S(=O)(=O)N1CC(C)C(N)C1.Cl. The van der Waals surface area contributed by atoms with Gasteiger partial charge in [0, 0.05) is 19.1 Å². The maximum absolute atomic E-state index is 12.4. The summed E-state index contributed by atoms with van der Waals surface area (Å²) in [7, 11) is -3.38. The zero-order valence-electron chi connectivity index (χ0n) is 10.5. The number of rotatable bonds is 2. The molecule has 2 atom stereocenters. The number of hydrogen-bond acceptors (Lipinski definition) is 3. The summed E-state index contributed by atoms with van der Waals surface area (Å²) >= 11 is 0. The second kappa shape index (κ2) is 5.57. The van der Waals surface area contributed by atoms with Gasteiger partial charge in [-0.2, -0.15) is 4.31 Å². The van der Waals surface area contributed by atoms with E-state index in [2.05, 4.69) is 0 Å². The van der Waals surface area contributed by atoms with Gasteiger partial charge < -0.3 is 5.73 Å². The maximum atomic E-state index is 12.4. The third-order valence-electron chi connectivity index (χ3n) is 3.35. The molecule has 1 saturated heterocycles. The Hall–Kier alpha value is -0.620. The van der Waals surface area contributed by atoms with Crippen LogP contribution in [0, 0.1) is 12.8 Å². The van der Waals surface area contributed by atoms with Gasteiger partial charge in [0.2, 0.25) is 10.0 Å². The molecule has 0 aliphatic carbocycles. The zero-order valence-corrected chi connectivity index (χ0v) is 12.2. The molecule has 2 rings (SSSR count). The highest BCUT2D eigenvalue weighted by atomic mass is 35.5. The van der Waals surface area contributed by atoms with Gasteiger partial charge in [0.15, 0.2) is 0 Å². The van der Waals surface area contributed by atoms with Gasteiger partial charge in [-0.1, -0.05) is 25.1 Å². The van der Waals surface area contributed by atoms with Gasteiger partial charge in [-0.15, -0.1) is 12.4 Å². The first-order valence-corrected chi connectivity index (χ1v) is 7.18. The number of hydrogen-bond donors (Lipinski definition) is 1. The summed E-state index contributed by atoms with van der Waals surface area (Å²) in [6.45, 7) is 4.72. The van der Waals surface area contributed by atoms with E-state index in [9.17, 15) is 8.42 Å². The monoisotopic (exact) mass is 290 g/mol. The van der Waals surface area contributed by atoms with E-state index < -0.39 is 10.0 Å². The minimum Gasteiger partial charge on any atom is -0.326 e. The standard InChI is InChI=1S/C12H18N2O2S.ClH/c1-9-5-3-4-6-12(9)17(15,16)14-7-10(2)11(13)8-14;/h3-6,10-11H,7-8,13H2,1-2H3;1H. The number of nitrogens with zero attached hydrogens (tertiary/aromatic N) is 1. The number of nitrogens with two attached hydrogens (primary N) is 1. The maximum Gasteiger partial charge on any atom is 0.243 e. The lowest BCUT2D eigenvalue weighted by Gasteiger charge is -2.17. The minimum absolute atomic E-state index is 0. The average Bonchev–Trinajstić information content (AvgIpc) is 2.60. The Morgan fingerprint density at radius 3 is 2.39 bits per heavy atom. The first kappa shape index (κ1) is 15.4. The van der Waals surface area contributed by atoms with Crippen molar-refractivity contribution >= 4 is 22.4 Å². The fraction of sp³-hybridized carbons (Fsp3) is 0.500. The molecule has 102 valence electrons. The molecule has 0 aromatic heterocycles. The molecule has 2 unspecified atom stereocenters. The summed E-state index contributed by atoms with van der Waals surface area (Å²) in [5.41, 5.74) is 6.65. The molecule has 18 heavy (non-hydrogen) atoms. The fourth-order valence-electron chi connectivity index (χ4n) is 2.13. The Kier molecular flexibility index (Phi) is 4.78. The number of benzene rings is 1. The Balaban J connectivity index is 0.00000162. The molecular weight excluding hydrogens is 272 g/mol. The molecule has 0 bridgehead atoms. The molecule has 0 amide bonds. The average molecular weight is 291 g/mol. The molecular formula is C12H19ClN2O2S. The topological polar surface area (TPSA) is 63.4 Å². The van der Waals surface area contributed by atoms with E-state index in [-0.39, 0.29) is 24.4 Å². The van der Waals surface area contributed by atoms with Gasteiger partial charge in [-0.3, -0.25) is 0 Å². The second-order valence-corrected chi connectivity index (χ2v) is 6.64. The molecule has 6 heteroatoms. The third kappa shape index (κ3) is 2.69. The van der Waals surface area contributed by atoms with Crippen LogP contribution in [0.5, 0.6) is 0 Å². The predicted octanol–water partition coefficient (Wildman–Crippen LogP) is 1.38. The van der Waals surface area contributed by atoms with Crippen LogP contribution in [0.25, 0.3) is 0 Å². The summed E-state index contributed by atoms with van der Waals surface area (Å²) in [4.78, 5) is 0.390. The summed E-state index contributed by atoms with van der Waals surface area (Å²) in [5.74, 6) is 0.216. The van der Waals surface area contributed by atoms with Crippen LogP contribution in [0.15, 0.2) is 29.2 Å². The Labute approximate surface area is 115 Å². The minimum atomic E-state index is -3.38. The van der Waals surface area contributed by atoms with Crippen LogP contribution in [0.3, 0.4) is 0 Å². The van der Waals surface area contributed by atoms with Crippen molar-refractivity contribution in [1.29, 1.82) is 0 Å². The lowest BCUT2D eigenvalue weighted by Crippen LogP contribution is -2.32. The zero-order chi connectivity index (χ0) is 12.6. The number of halogens is 1. The van der Waals surface area contributed by atoms with Gasteiger partial charge in [0.1, 0.15) is 0 Å². The summed E-state index contributed by atoms with van der Waals surface area (Å²) < 4.78 is 26.3. The van der Waals surface area contributed by atoms with Crippen molar-refractivity contribution in [3.8, 4) is 0 Å². The molecule has 1 fully saturated rings. The van der Waals surface area contributed by atoms with E-state index in [1.54, 1.807) is 12.1 Å². The van der Waals surface area contributed by atoms with Crippen LogP contribution >= 0.6 is 12.4 Å². The van der Waals surface area contributed by atoms with Crippen molar-refractivity contribution in [2.75, 3.05) is 13.1 Å². The van der Waals surface area contributed by atoms with Gasteiger partial charge in [0.25, 0.3) is 0 Å². The predicted molar refractivity (Wildman–Crippen MR) is 74.3 cm³/mol. The molecule has 0 saturated carbocycles. The van der Waals surface area contributed by atoms with Crippen LogP contribution in [0.1, 0.15) is 12.5 Å². The van der Waals surface area contributed by atoms with Crippen LogP contribution in [0.2, 0.25) is 0 Å². The van der Waals surface area contributed by atoms with E-state index in [1.807, 2.05) is 26.0 Å². The molecule has 2 N–H and O–H groups in total. The van der Waals surface area contributed by atoms with E-state index >= 15 is 0 Å². The first-order chi connectivity index (χ1) is 7.93. The highest BCUT2D eigenvalue weighted by Crippen LogP contribution is 2.25. The van der Waals surface area contributed by atoms with Crippen molar-refractivity contribution in [3.05, 3.63) is 29.8 Å². The number of aryl methyl sites for hydroxylation is 1. The lowest BCUT2D eigenvalue weighted by molar-refractivity contribution is 0.464. The van der Waals surface area contributed by atoms with Gasteiger partial charge in [-0.05, 0) is 24.5 Å². The molecule has 1 aromatic rings. The summed E-state index contributed by atoms with van der Waals surface area (Å²) in [6, 6.07) is 6.99. The van der Waals surface area contributed by atoms with Crippen molar-refractivity contribution in [1.82, 2.24) is 4.31 Å². The number of sulfonamides is 1. The summed E-state index contributed by atoms with van der Waals surface area (Å²) in [5, 5.41) is 0. The van der Waals surface area contributed by atoms with Crippen molar-refractivity contribution in [2.24, 2.45) is 11.7 Å². The van der Waals surface area contributed by atoms with Crippen molar-refractivity contribution in [2.45, 2.75) is 24.8 Å². The van der Waals surface area contributed by atoms with Crippen LogP contribution in [0.4, 0.5) is 0 Å². The Bertz CT molecular complexity index is 509. The largest absolute Gasteiger partial charge is 0.326 e. The van der Waals surface area contributed by atoms with Crippen LogP contribution < -0.4 is 5.73 Å². The normalized spacial score (nSPS) is 24.8. The second-order valence-electron chi connectivity index (χ2n) is 4.73. The molecule has 4 nitrogen and oxygen atoms in total. The van der Waals surface area contributed by atoms with E-state index in [0.29, 0.717) is 18.0 Å². The van der Waals surface area contributed by atoms with Crippen LogP contribution in [-0.4, -0.2) is 31.9 Å². The fourth-order valence-corrected chi connectivity index (χ4v) is 3.93. The van der Waals surface area contributed by atoms with Crippen molar-refractivity contribution < 1.29 is 8.42 Å². The molecule has 1 heterocycles. The highest BCUT2D eigenvalue weighted by Gasteiger charge is 2.35. The Morgan fingerprint density at radius 1 is 1.28 bits per heavy atom. The van der Waals surface area contributed by atoms with Gasteiger partial charge >= 0.3 is 0 Å². The quantitative estimate of drug-likeness (QED) is 0.895. The highest BCUT2D eigenvalue weighted by molar-refractivity contribution is 7.89. The van der Waals surface area contributed by atoms with Crippen LogP contribution in [-0.2, 0) is 10.0 Å². The molecule has 1 aromatic carbocycles. The molecule has 0 radical (unpaired) electrons. The molecule has 1 aliphatic rings. The lowest BCUT2D eigenvalue weighted by atomic mass is 10.1.